The first kappa shape index (κ1) is 41.2. The molecule has 0 spiro atoms. The molecule has 2 saturated heterocycles. The smallest absolute Gasteiger partial charge is 0.338 e. The molecule has 7 rings (SSSR count). The van der Waals surface area contributed by atoms with Crippen molar-refractivity contribution in [2.24, 2.45) is 5.41 Å². The third-order valence-corrected chi connectivity index (χ3v) is 11.0. The highest BCUT2D eigenvalue weighted by Gasteiger charge is 2.75. The van der Waals surface area contributed by atoms with Crippen LogP contribution in [-0.4, -0.2) is 84.3 Å². The Labute approximate surface area is 342 Å². The monoisotopic (exact) mass is 802 g/mol. The van der Waals surface area contributed by atoms with Gasteiger partial charge in [0.1, 0.15) is 29.7 Å². The second-order valence-corrected chi connectivity index (χ2v) is 15.8. The molecule has 0 bridgehead atoms. The van der Waals surface area contributed by atoms with E-state index < -0.39 is 83.9 Å². The largest absolute Gasteiger partial charge is 0.459 e. The molecule has 8 unspecified atom stereocenters. The molecule has 0 N–H and O–H groups in total. The van der Waals surface area contributed by atoms with E-state index in [1.54, 1.807) is 134 Å². The third kappa shape index (κ3) is 8.90. The van der Waals surface area contributed by atoms with Crippen molar-refractivity contribution in [1.29, 1.82) is 0 Å². The highest BCUT2D eigenvalue weighted by Crippen LogP contribution is 2.65. The standard InChI is InChI=1S/C47H46O12/c1-30(25-26-47-45(2,3)27-35(48)28-46(47,4)59-47)54-44-39(58-43(52)34-23-15-8-16-24-34)38(57-42(51)33-21-13-7-14-22-33)37(56-41(50)32-19-11-6-12-20-32)36(55-44)29-53-40(49)31-17-9-5-10-18-31/h5-26,30,36-39,44H,27-29H2,1-4H3/b26-25+. The van der Waals surface area contributed by atoms with Gasteiger partial charge in [-0.05, 0) is 62.4 Å². The summed E-state index contributed by atoms with van der Waals surface area (Å²) in [7, 11) is 0. The molecule has 1 saturated carbocycles. The minimum Gasteiger partial charge on any atom is -0.459 e. The van der Waals surface area contributed by atoms with Crippen LogP contribution in [0.4, 0.5) is 0 Å². The van der Waals surface area contributed by atoms with Gasteiger partial charge in [0, 0.05) is 18.3 Å². The molecule has 59 heavy (non-hydrogen) atoms. The van der Waals surface area contributed by atoms with Crippen molar-refractivity contribution in [2.45, 2.75) is 88.5 Å². The zero-order valence-corrected chi connectivity index (χ0v) is 33.2. The summed E-state index contributed by atoms with van der Waals surface area (Å²) >= 11 is 0. The van der Waals surface area contributed by atoms with E-state index in [2.05, 4.69) is 0 Å². The predicted molar refractivity (Wildman–Crippen MR) is 212 cm³/mol. The Morgan fingerprint density at radius 3 is 1.56 bits per heavy atom. The highest BCUT2D eigenvalue weighted by atomic mass is 16.7. The lowest BCUT2D eigenvalue weighted by atomic mass is 9.63. The van der Waals surface area contributed by atoms with Crippen molar-refractivity contribution < 1.29 is 57.1 Å². The van der Waals surface area contributed by atoms with E-state index in [0.717, 1.165) is 0 Å². The second kappa shape index (κ2) is 17.1. The van der Waals surface area contributed by atoms with Gasteiger partial charge in [-0.15, -0.1) is 0 Å². The Kier molecular flexibility index (Phi) is 12.0. The van der Waals surface area contributed by atoms with Crippen LogP contribution < -0.4 is 0 Å². The fourth-order valence-corrected chi connectivity index (χ4v) is 8.01. The maximum atomic E-state index is 13.9. The van der Waals surface area contributed by atoms with E-state index in [9.17, 15) is 24.0 Å². The maximum Gasteiger partial charge on any atom is 0.338 e. The molecular formula is C47H46O12. The molecule has 0 aromatic heterocycles. The average Bonchev–Trinajstić information content (AvgIpc) is 3.87. The van der Waals surface area contributed by atoms with Crippen molar-refractivity contribution in [1.82, 2.24) is 0 Å². The summed E-state index contributed by atoms with van der Waals surface area (Å²) < 4.78 is 43.4. The molecule has 1 aliphatic carbocycles. The zero-order valence-electron chi connectivity index (χ0n) is 33.2. The zero-order chi connectivity index (χ0) is 41.8. The average molecular weight is 803 g/mol. The van der Waals surface area contributed by atoms with Gasteiger partial charge in [-0.25, -0.2) is 19.2 Å². The summed E-state index contributed by atoms with van der Waals surface area (Å²) in [6, 6.07) is 32.7. The van der Waals surface area contributed by atoms with Gasteiger partial charge in [0.15, 0.2) is 24.6 Å². The van der Waals surface area contributed by atoms with Gasteiger partial charge in [-0.2, -0.15) is 0 Å². The van der Waals surface area contributed by atoms with Gasteiger partial charge in [-0.3, -0.25) is 4.79 Å². The normalized spacial score (nSPS) is 27.5. The van der Waals surface area contributed by atoms with Gasteiger partial charge in [-0.1, -0.05) is 98.8 Å². The van der Waals surface area contributed by atoms with Crippen LogP contribution in [0.2, 0.25) is 0 Å². The Morgan fingerprint density at radius 1 is 0.644 bits per heavy atom. The number of Topliss-reactive ketones (excluding diaryl/α,β-unsaturated/α-hetero) is 1. The number of hydrogen-bond acceptors (Lipinski definition) is 12. The number of benzene rings is 4. The quantitative estimate of drug-likeness (QED) is 0.0585. The van der Waals surface area contributed by atoms with E-state index in [4.69, 9.17) is 33.2 Å². The summed E-state index contributed by atoms with van der Waals surface area (Å²) in [6.45, 7) is 7.14. The van der Waals surface area contributed by atoms with Crippen molar-refractivity contribution in [2.75, 3.05) is 6.61 Å². The topological polar surface area (TPSA) is 153 Å². The van der Waals surface area contributed by atoms with Crippen LogP contribution in [0.25, 0.3) is 0 Å². The first-order valence-electron chi connectivity index (χ1n) is 19.5. The number of carbonyl (C=O) groups is 5. The van der Waals surface area contributed by atoms with Crippen molar-refractivity contribution in [3.05, 3.63) is 156 Å². The molecule has 12 heteroatoms. The number of hydrogen-bond donors (Lipinski definition) is 0. The highest BCUT2D eigenvalue weighted by molar-refractivity contribution is 5.91. The fraction of sp³-hybridized carbons (Fsp3) is 0.340. The molecule has 4 aromatic rings. The van der Waals surface area contributed by atoms with Crippen molar-refractivity contribution >= 4 is 29.7 Å². The molecule has 0 amide bonds. The number of fused-ring (bicyclic) bond motifs is 1. The van der Waals surface area contributed by atoms with Crippen molar-refractivity contribution in [3.63, 3.8) is 0 Å². The van der Waals surface area contributed by atoms with Gasteiger partial charge in [0.25, 0.3) is 0 Å². The van der Waals surface area contributed by atoms with E-state index >= 15 is 0 Å². The van der Waals surface area contributed by atoms with E-state index in [-0.39, 0.29) is 34.5 Å². The Hall–Kier alpha value is -5.95. The number of rotatable bonds is 13. The summed E-state index contributed by atoms with van der Waals surface area (Å²) in [6.07, 6.45) is -3.85. The van der Waals surface area contributed by atoms with Gasteiger partial charge < -0.3 is 33.2 Å². The second-order valence-electron chi connectivity index (χ2n) is 15.8. The number of ether oxygens (including phenoxy) is 7. The van der Waals surface area contributed by atoms with Crippen molar-refractivity contribution in [3.8, 4) is 0 Å². The van der Waals surface area contributed by atoms with E-state index in [1.807, 2.05) is 26.8 Å². The van der Waals surface area contributed by atoms with Gasteiger partial charge >= 0.3 is 23.9 Å². The lowest BCUT2D eigenvalue weighted by Gasteiger charge is -2.44. The third-order valence-electron chi connectivity index (χ3n) is 11.0. The van der Waals surface area contributed by atoms with Crippen LogP contribution in [0.5, 0.6) is 0 Å². The Balaban J connectivity index is 1.26. The first-order valence-corrected chi connectivity index (χ1v) is 19.5. The number of carbonyl (C=O) groups excluding carboxylic acids is 5. The molecular weight excluding hydrogens is 757 g/mol. The molecule has 0 radical (unpaired) electrons. The molecule has 12 nitrogen and oxygen atoms in total. The van der Waals surface area contributed by atoms with E-state index in [0.29, 0.717) is 6.42 Å². The van der Waals surface area contributed by atoms with Crippen LogP contribution in [0, 0.1) is 5.41 Å². The van der Waals surface area contributed by atoms with Crippen LogP contribution in [-0.2, 0) is 38.0 Å². The Bertz CT molecular complexity index is 2170. The number of epoxide rings is 1. The number of ketones is 1. The summed E-state index contributed by atoms with van der Waals surface area (Å²) in [5.41, 5.74) is -1.15. The van der Waals surface area contributed by atoms with Gasteiger partial charge in [0.2, 0.25) is 0 Å². The predicted octanol–water partition coefficient (Wildman–Crippen LogP) is 7.12. The molecule has 3 aliphatic rings. The lowest BCUT2D eigenvalue weighted by Crippen LogP contribution is -2.63. The molecule has 306 valence electrons. The molecule has 8 atom stereocenters. The minimum atomic E-state index is -1.56. The number of esters is 4. The maximum absolute atomic E-state index is 13.9. The van der Waals surface area contributed by atoms with E-state index in [1.165, 1.54) is 0 Å². The van der Waals surface area contributed by atoms with Crippen LogP contribution in [0.3, 0.4) is 0 Å². The lowest BCUT2D eigenvalue weighted by molar-refractivity contribution is -0.303. The molecule has 2 heterocycles. The molecule has 4 aromatic carbocycles. The van der Waals surface area contributed by atoms with Crippen LogP contribution in [0.15, 0.2) is 133 Å². The SMILES string of the molecule is CC(/C=C/C12OC1(C)CC(=O)CC2(C)C)OC1OC(COC(=O)c2ccccc2)C(OC(=O)c2ccccc2)C(OC(=O)c2ccccc2)C1OC(=O)c1ccccc1. The molecule has 2 aliphatic heterocycles. The van der Waals surface area contributed by atoms with Gasteiger partial charge in [0.05, 0.1) is 28.4 Å². The summed E-state index contributed by atoms with van der Waals surface area (Å²) in [4.78, 5) is 67.4. The summed E-state index contributed by atoms with van der Waals surface area (Å²) in [5.74, 6) is -2.98. The van der Waals surface area contributed by atoms with Crippen LogP contribution >= 0.6 is 0 Å². The Morgan fingerprint density at radius 2 is 1.08 bits per heavy atom. The van der Waals surface area contributed by atoms with Crippen LogP contribution in [0.1, 0.15) is 82.0 Å². The summed E-state index contributed by atoms with van der Waals surface area (Å²) in [5, 5.41) is 0. The minimum absolute atomic E-state index is 0.125. The first-order chi connectivity index (χ1) is 28.3. The molecule has 3 fully saturated rings. The fourth-order valence-electron chi connectivity index (χ4n) is 8.01.